The van der Waals surface area contributed by atoms with Gasteiger partial charge in [0, 0.05) is 23.2 Å². The summed E-state index contributed by atoms with van der Waals surface area (Å²) in [5.41, 5.74) is -3.27. The summed E-state index contributed by atoms with van der Waals surface area (Å²) < 4.78 is 28.9. The number of benzene rings is 1. The molecule has 0 unspecified atom stereocenters. The molecule has 0 bridgehead atoms. The third-order valence-corrected chi connectivity index (χ3v) is 5.36. The summed E-state index contributed by atoms with van der Waals surface area (Å²) in [5.74, 6) is -1.14. The zero-order valence-corrected chi connectivity index (χ0v) is 15.1. The number of carbonyl (C=O) groups is 1. The highest BCUT2D eigenvalue weighted by Gasteiger charge is 2.51. The first-order chi connectivity index (χ1) is 12.8. The summed E-state index contributed by atoms with van der Waals surface area (Å²) in [6.45, 7) is 0. The van der Waals surface area contributed by atoms with Crippen LogP contribution in [0.1, 0.15) is 42.5 Å². The van der Waals surface area contributed by atoms with E-state index >= 15 is 4.39 Å². The van der Waals surface area contributed by atoms with Crippen LogP contribution in [0.25, 0.3) is 0 Å². The van der Waals surface area contributed by atoms with Gasteiger partial charge in [-0.1, -0.05) is 23.7 Å². The third kappa shape index (κ3) is 3.58. The summed E-state index contributed by atoms with van der Waals surface area (Å²) in [7, 11) is 0. The van der Waals surface area contributed by atoms with Crippen LogP contribution in [0.2, 0.25) is 5.02 Å². The predicted octanol–water partition coefficient (Wildman–Crippen LogP) is 4.14. The lowest BCUT2D eigenvalue weighted by atomic mass is 9.71. The number of nitrogens with zero attached hydrogens (tertiary/aromatic N) is 2. The number of pyridine rings is 1. The quantitative estimate of drug-likeness (QED) is 0.832. The SMILES string of the molecule is N#CC[C@@]1(O)CC[C@@](F)(C(=O)CCc2ccc(F)cc2Cl)c2cccnc21. The number of hydrogen-bond donors (Lipinski definition) is 1. The van der Waals surface area contributed by atoms with Crippen molar-refractivity contribution in [2.75, 3.05) is 0 Å². The lowest BCUT2D eigenvalue weighted by Crippen LogP contribution is -2.43. The van der Waals surface area contributed by atoms with Crippen molar-refractivity contribution >= 4 is 17.4 Å². The number of aliphatic hydroxyl groups is 1. The number of Topliss-reactive ketones (excluding diaryl/α,β-unsaturated/α-hetero) is 1. The fourth-order valence-electron chi connectivity index (χ4n) is 3.49. The number of rotatable bonds is 5. The highest BCUT2D eigenvalue weighted by Crippen LogP contribution is 2.47. The number of hydrogen-bond acceptors (Lipinski definition) is 4. The Bertz CT molecular complexity index is 930. The van der Waals surface area contributed by atoms with Gasteiger partial charge in [0.05, 0.1) is 18.2 Å². The van der Waals surface area contributed by atoms with E-state index in [4.69, 9.17) is 16.9 Å². The number of aryl methyl sites for hydroxylation is 1. The molecule has 140 valence electrons. The van der Waals surface area contributed by atoms with Crippen molar-refractivity contribution in [1.29, 1.82) is 5.26 Å². The van der Waals surface area contributed by atoms with Crippen LogP contribution in [-0.4, -0.2) is 15.9 Å². The van der Waals surface area contributed by atoms with Gasteiger partial charge in [0.1, 0.15) is 11.4 Å². The van der Waals surface area contributed by atoms with E-state index in [9.17, 15) is 14.3 Å². The van der Waals surface area contributed by atoms with Crippen LogP contribution in [-0.2, 0) is 22.5 Å². The van der Waals surface area contributed by atoms with E-state index in [2.05, 4.69) is 4.98 Å². The molecule has 1 heterocycles. The molecule has 1 aromatic carbocycles. The number of fused-ring (bicyclic) bond motifs is 1. The average molecular weight is 391 g/mol. The van der Waals surface area contributed by atoms with Crippen LogP contribution < -0.4 is 0 Å². The van der Waals surface area contributed by atoms with Crippen LogP contribution in [0.3, 0.4) is 0 Å². The highest BCUT2D eigenvalue weighted by atomic mass is 35.5. The van der Waals surface area contributed by atoms with Gasteiger partial charge in [0.2, 0.25) is 0 Å². The van der Waals surface area contributed by atoms with Crippen LogP contribution in [0.4, 0.5) is 8.78 Å². The average Bonchev–Trinajstić information content (AvgIpc) is 2.65. The zero-order chi connectivity index (χ0) is 19.7. The summed E-state index contributed by atoms with van der Waals surface area (Å²) in [4.78, 5) is 16.8. The molecule has 0 aliphatic heterocycles. The van der Waals surface area contributed by atoms with Crippen LogP contribution in [0.5, 0.6) is 0 Å². The lowest BCUT2D eigenvalue weighted by Gasteiger charge is -2.38. The van der Waals surface area contributed by atoms with E-state index < -0.39 is 22.9 Å². The van der Waals surface area contributed by atoms with Crippen molar-refractivity contribution in [3.63, 3.8) is 0 Å². The Kier molecular flexibility index (Phi) is 5.27. The van der Waals surface area contributed by atoms with E-state index in [1.54, 1.807) is 0 Å². The number of alkyl halides is 1. The smallest absolute Gasteiger partial charge is 0.195 e. The van der Waals surface area contributed by atoms with Crippen LogP contribution in [0, 0.1) is 17.1 Å². The first kappa shape index (κ1) is 19.4. The fraction of sp³-hybridized carbons (Fsp3) is 0.350. The molecule has 1 aliphatic carbocycles. The number of aromatic nitrogens is 1. The first-order valence-electron chi connectivity index (χ1n) is 8.51. The second kappa shape index (κ2) is 7.34. The lowest BCUT2D eigenvalue weighted by molar-refractivity contribution is -0.134. The van der Waals surface area contributed by atoms with Crippen molar-refractivity contribution < 1.29 is 18.7 Å². The number of halogens is 3. The molecule has 3 rings (SSSR count). The molecule has 0 saturated carbocycles. The number of carbonyl (C=O) groups excluding carboxylic acids is 1. The van der Waals surface area contributed by atoms with Gasteiger partial charge in [-0.2, -0.15) is 5.26 Å². The monoisotopic (exact) mass is 390 g/mol. The standard InChI is InChI=1S/C20H17ClF2N2O2/c21-16-12-14(22)5-3-13(16)4-6-17(26)20(23)8-7-19(27,9-10-24)18-15(20)2-1-11-25-18/h1-3,5,11-12,27H,4,6-9H2/t19-,20-/m0/s1. The van der Waals surface area contributed by atoms with Crippen molar-refractivity contribution in [2.45, 2.75) is 43.4 Å². The molecule has 1 aromatic heterocycles. The second-order valence-corrected chi connectivity index (χ2v) is 7.13. The number of ketones is 1. The Morgan fingerprint density at radius 1 is 1.37 bits per heavy atom. The minimum absolute atomic E-state index is 0.00389. The highest BCUT2D eigenvalue weighted by molar-refractivity contribution is 6.31. The Morgan fingerprint density at radius 3 is 2.85 bits per heavy atom. The molecule has 1 aliphatic rings. The zero-order valence-electron chi connectivity index (χ0n) is 14.4. The maximum atomic E-state index is 15.7. The topological polar surface area (TPSA) is 74.0 Å². The minimum atomic E-state index is -2.29. The van der Waals surface area contributed by atoms with Gasteiger partial charge in [0.25, 0.3) is 0 Å². The molecular formula is C20H17ClF2N2O2. The van der Waals surface area contributed by atoms with Crippen molar-refractivity contribution in [3.05, 3.63) is 64.2 Å². The Balaban J connectivity index is 1.87. The van der Waals surface area contributed by atoms with Crippen LogP contribution in [0.15, 0.2) is 36.5 Å². The molecule has 2 aromatic rings. The van der Waals surface area contributed by atoms with Gasteiger partial charge in [-0.15, -0.1) is 0 Å². The Hall–Kier alpha value is -2.36. The molecule has 0 saturated heterocycles. The largest absolute Gasteiger partial charge is 0.382 e. The van der Waals surface area contributed by atoms with Gasteiger partial charge in [-0.25, -0.2) is 8.78 Å². The van der Waals surface area contributed by atoms with Crippen molar-refractivity contribution in [2.24, 2.45) is 0 Å². The van der Waals surface area contributed by atoms with E-state index in [0.29, 0.717) is 5.56 Å². The number of nitriles is 1. The Morgan fingerprint density at radius 2 is 2.15 bits per heavy atom. The summed E-state index contributed by atoms with van der Waals surface area (Å²) >= 11 is 5.97. The molecule has 7 heteroatoms. The summed E-state index contributed by atoms with van der Waals surface area (Å²) in [6.07, 6.45) is 0.890. The Labute approximate surface area is 160 Å². The molecule has 0 fully saturated rings. The molecule has 0 spiro atoms. The van der Waals surface area contributed by atoms with Gasteiger partial charge >= 0.3 is 0 Å². The molecule has 4 nitrogen and oxygen atoms in total. The molecule has 1 N–H and O–H groups in total. The first-order valence-corrected chi connectivity index (χ1v) is 8.89. The third-order valence-electron chi connectivity index (χ3n) is 5.01. The van der Waals surface area contributed by atoms with E-state index in [0.717, 1.165) is 6.07 Å². The molecule has 0 amide bonds. The normalized spacial score (nSPS) is 24.1. The van der Waals surface area contributed by atoms with Gasteiger partial charge in [0.15, 0.2) is 11.5 Å². The van der Waals surface area contributed by atoms with Gasteiger partial charge < -0.3 is 5.11 Å². The van der Waals surface area contributed by atoms with Crippen molar-refractivity contribution in [3.8, 4) is 6.07 Å². The minimum Gasteiger partial charge on any atom is -0.382 e. The van der Waals surface area contributed by atoms with E-state index in [1.165, 1.54) is 30.5 Å². The molecular weight excluding hydrogens is 374 g/mol. The molecule has 2 atom stereocenters. The summed E-state index contributed by atoms with van der Waals surface area (Å²) in [5, 5.41) is 19.8. The fourth-order valence-corrected chi connectivity index (χ4v) is 3.75. The van der Waals surface area contributed by atoms with Gasteiger partial charge in [-0.3, -0.25) is 9.78 Å². The maximum absolute atomic E-state index is 15.7. The molecule has 0 radical (unpaired) electrons. The van der Waals surface area contributed by atoms with Crippen molar-refractivity contribution in [1.82, 2.24) is 4.98 Å². The predicted molar refractivity (Wildman–Crippen MR) is 95.1 cm³/mol. The maximum Gasteiger partial charge on any atom is 0.195 e. The summed E-state index contributed by atoms with van der Waals surface area (Å²) in [6, 6.07) is 8.66. The second-order valence-electron chi connectivity index (χ2n) is 6.73. The molecule has 27 heavy (non-hydrogen) atoms. The van der Waals surface area contributed by atoms with E-state index in [1.807, 2.05) is 6.07 Å². The van der Waals surface area contributed by atoms with Crippen LogP contribution >= 0.6 is 11.6 Å². The van der Waals surface area contributed by atoms with E-state index in [-0.39, 0.29) is 48.4 Å². The van der Waals surface area contributed by atoms with Gasteiger partial charge in [-0.05, 0) is 43.0 Å².